The molecule has 0 amide bonds. The van der Waals surface area contributed by atoms with E-state index >= 15 is 0 Å². The summed E-state index contributed by atoms with van der Waals surface area (Å²) >= 11 is 1.84. The van der Waals surface area contributed by atoms with Gasteiger partial charge >= 0.3 is 0 Å². The fourth-order valence-corrected chi connectivity index (χ4v) is 3.11. The fourth-order valence-electron chi connectivity index (χ4n) is 2.00. The molecule has 0 saturated heterocycles. The van der Waals surface area contributed by atoms with Crippen LogP contribution in [0.3, 0.4) is 0 Å². The van der Waals surface area contributed by atoms with Gasteiger partial charge in [-0.1, -0.05) is 13.0 Å². The normalized spacial score (nSPS) is 12.6. The molecule has 2 aromatic rings. The van der Waals surface area contributed by atoms with Crippen molar-refractivity contribution >= 4 is 11.3 Å². The van der Waals surface area contributed by atoms with Crippen molar-refractivity contribution in [1.29, 1.82) is 0 Å². The van der Waals surface area contributed by atoms with Gasteiger partial charge in [0.2, 0.25) is 0 Å². The van der Waals surface area contributed by atoms with E-state index in [1.165, 1.54) is 10.4 Å². The van der Waals surface area contributed by atoms with E-state index in [0.29, 0.717) is 6.04 Å². The molecule has 1 atom stereocenters. The molecule has 0 aliphatic heterocycles. The molecule has 17 heavy (non-hydrogen) atoms. The van der Waals surface area contributed by atoms with Crippen LogP contribution >= 0.6 is 11.3 Å². The summed E-state index contributed by atoms with van der Waals surface area (Å²) in [6.45, 7) is 2.21. The molecule has 2 aromatic heterocycles. The molecule has 2 rings (SSSR count). The van der Waals surface area contributed by atoms with Crippen LogP contribution in [-0.2, 0) is 12.8 Å². The number of aryl methyl sites for hydroxylation is 1. The van der Waals surface area contributed by atoms with Crippen molar-refractivity contribution in [3.05, 3.63) is 52.0 Å². The topological polar surface area (TPSA) is 24.9 Å². The lowest BCUT2D eigenvalue weighted by molar-refractivity contribution is 0.590. The van der Waals surface area contributed by atoms with Gasteiger partial charge in [-0.2, -0.15) is 0 Å². The highest BCUT2D eigenvalue weighted by atomic mass is 32.1. The predicted octanol–water partition coefficient (Wildman–Crippen LogP) is 3.21. The summed E-state index contributed by atoms with van der Waals surface area (Å²) in [5.41, 5.74) is 2.59. The van der Waals surface area contributed by atoms with E-state index < -0.39 is 0 Å². The van der Waals surface area contributed by atoms with Crippen molar-refractivity contribution in [2.24, 2.45) is 0 Å². The first-order valence-corrected chi connectivity index (χ1v) is 6.86. The lowest BCUT2D eigenvalue weighted by atomic mass is 10.0. The maximum Gasteiger partial charge on any atom is 0.0471 e. The van der Waals surface area contributed by atoms with Gasteiger partial charge in [0.15, 0.2) is 0 Å². The Morgan fingerprint density at radius 2 is 2.24 bits per heavy atom. The Kier molecular flexibility index (Phi) is 4.29. The van der Waals surface area contributed by atoms with Gasteiger partial charge in [0, 0.05) is 29.2 Å². The van der Waals surface area contributed by atoms with E-state index in [1.54, 1.807) is 0 Å². The summed E-state index contributed by atoms with van der Waals surface area (Å²) in [5.74, 6) is 0. The molecule has 90 valence electrons. The van der Waals surface area contributed by atoms with Gasteiger partial charge < -0.3 is 5.32 Å². The molecular weight excluding hydrogens is 228 g/mol. The average Bonchev–Trinajstić information content (AvgIpc) is 2.85. The number of rotatable bonds is 5. The minimum Gasteiger partial charge on any atom is -0.312 e. The van der Waals surface area contributed by atoms with E-state index in [9.17, 15) is 0 Å². The summed E-state index contributed by atoms with van der Waals surface area (Å²) < 4.78 is 0. The molecule has 0 fully saturated rings. The van der Waals surface area contributed by atoms with Gasteiger partial charge in [-0.3, -0.25) is 4.98 Å². The molecule has 2 nitrogen and oxygen atoms in total. The molecule has 0 aliphatic carbocycles. The number of pyridine rings is 1. The Morgan fingerprint density at radius 3 is 2.88 bits per heavy atom. The SMILES string of the molecule is CCc1ccsc1C(Cc1ccccn1)NC. The van der Waals surface area contributed by atoms with Gasteiger partial charge in [-0.25, -0.2) is 0 Å². The molecule has 0 aromatic carbocycles. The maximum absolute atomic E-state index is 4.40. The monoisotopic (exact) mass is 246 g/mol. The summed E-state index contributed by atoms with van der Waals surface area (Å²) in [7, 11) is 2.02. The number of thiophene rings is 1. The minimum atomic E-state index is 0.375. The third-order valence-corrected chi connectivity index (χ3v) is 4.04. The summed E-state index contributed by atoms with van der Waals surface area (Å²) in [5, 5.41) is 5.58. The smallest absolute Gasteiger partial charge is 0.0471 e. The van der Waals surface area contributed by atoms with Crippen LogP contribution in [0, 0.1) is 0 Å². The van der Waals surface area contributed by atoms with Gasteiger partial charge in [0.1, 0.15) is 0 Å². The zero-order valence-electron chi connectivity index (χ0n) is 10.3. The second-order valence-electron chi connectivity index (χ2n) is 4.03. The lowest BCUT2D eigenvalue weighted by Gasteiger charge is -2.16. The Hall–Kier alpha value is -1.19. The van der Waals surface area contributed by atoms with Crippen molar-refractivity contribution in [1.82, 2.24) is 10.3 Å². The van der Waals surface area contributed by atoms with Gasteiger partial charge in [0.05, 0.1) is 0 Å². The molecule has 0 aliphatic rings. The number of likely N-dealkylation sites (N-methyl/N-ethyl adjacent to an activating group) is 1. The summed E-state index contributed by atoms with van der Waals surface area (Å²) in [4.78, 5) is 5.84. The Morgan fingerprint density at radius 1 is 1.35 bits per heavy atom. The minimum absolute atomic E-state index is 0.375. The molecule has 0 radical (unpaired) electrons. The average molecular weight is 246 g/mol. The second-order valence-corrected chi connectivity index (χ2v) is 4.98. The van der Waals surface area contributed by atoms with Crippen LogP contribution in [0.2, 0.25) is 0 Å². The Balaban J connectivity index is 2.17. The van der Waals surface area contributed by atoms with Gasteiger partial charge in [-0.15, -0.1) is 11.3 Å². The highest BCUT2D eigenvalue weighted by molar-refractivity contribution is 7.10. The van der Waals surface area contributed by atoms with Gasteiger partial charge in [-0.05, 0) is 42.6 Å². The highest BCUT2D eigenvalue weighted by Gasteiger charge is 2.15. The molecular formula is C14H18N2S. The Bertz CT molecular complexity index is 450. The van der Waals surface area contributed by atoms with Crippen LogP contribution in [-0.4, -0.2) is 12.0 Å². The number of nitrogens with one attached hydrogen (secondary N) is 1. The van der Waals surface area contributed by atoms with Gasteiger partial charge in [0.25, 0.3) is 0 Å². The first-order chi connectivity index (χ1) is 8.35. The molecule has 0 bridgehead atoms. The molecule has 3 heteroatoms. The summed E-state index contributed by atoms with van der Waals surface area (Å²) in [6.07, 6.45) is 3.90. The first-order valence-electron chi connectivity index (χ1n) is 5.98. The molecule has 2 heterocycles. The third-order valence-electron chi connectivity index (χ3n) is 2.97. The molecule has 0 saturated carbocycles. The van der Waals surface area contributed by atoms with Crippen molar-refractivity contribution in [2.75, 3.05) is 7.05 Å². The fraction of sp³-hybridized carbons (Fsp3) is 0.357. The van der Waals surface area contributed by atoms with Crippen LogP contribution in [0.4, 0.5) is 0 Å². The standard InChI is InChI=1S/C14H18N2S/c1-3-11-7-9-17-14(11)13(15-2)10-12-6-4-5-8-16-12/h4-9,13,15H,3,10H2,1-2H3. The van der Waals surface area contributed by atoms with Crippen molar-refractivity contribution in [3.63, 3.8) is 0 Å². The van der Waals surface area contributed by atoms with E-state index in [4.69, 9.17) is 0 Å². The third kappa shape index (κ3) is 2.93. The van der Waals surface area contributed by atoms with Crippen LogP contribution in [0.25, 0.3) is 0 Å². The summed E-state index contributed by atoms with van der Waals surface area (Å²) in [6, 6.07) is 8.69. The van der Waals surface area contributed by atoms with Crippen LogP contribution < -0.4 is 5.32 Å². The first kappa shape index (κ1) is 12.3. The molecule has 0 spiro atoms. The quantitative estimate of drug-likeness (QED) is 0.876. The zero-order chi connectivity index (χ0) is 12.1. The van der Waals surface area contributed by atoms with Crippen LogP contribution in [0.15, 0.2) is 35.8 Å². The van der Waals surface area contributed by atoms with E-state index in [1.807, 2.05) is 36.7 Å². The van der Waals surface area contributed by atoms with E-state index in [2.05, 4.69) is 34.7 Å². The van der Waals surface area contributed by atoms with Crippen LogP contribution in [0.1, 0.15) is 29.1 Å². The number of hydrogen-bond donors (Lipinski definition) is 1. The largest absolute Gasteiger partial charge is 0.312 e. The highest BCUT2D eigenvalue weighted by Crippen LogP contribution is 2.27. The van der Waals surface area contributed by atoms with E-state index in [0.717, 1.165) is 18.5 Å². The van der Waals surface area contributed by atoms with Crippen molar-refractivity contribution in [2.45, 2.75) is 25.8 Å². The zero-order valence-corrected chi connectivity index (χ0v) is 11.1. The van der Waals surface area contributed by atoms with Crippen molar-refractivity contribution < 1.29 is 0 Å². The Labute approximate surface area is 107 Å². The van der Waals surface area contributed by atoms with E-state index in [-0.39, 0.29) is 0 Å². The van der Waals surface area contributed by atoms with Crippen molar-refractivity contribution in [3.8, 4) is 0 Å². The lowest BCUT2D eigenvalue weighted by Crippen LogP contribution is -2.19. The predicted molar refractivity (Wildman–Crippen MR) is 73.4 cm³/mol. The number of nitrogens with zero attached hydrogens (tertiary/aromatic N) is 1. The number of aromatic nitrogens is 1. The molecule has 1 unspecified atom stereocenters. The molecule has 1 N–H and O–H groups in total. The number of hydrogen-bond acceptors (Lipinski definition) is 3. The van der Waals surface area contributed by atoms with Crippen LogP contribution in [0.5, 0.6) is 0 Å². The second kappa shape index (κ2) is 5.94. The maximum atomic E-state index is 4.40.